The molecule has 2 rings (SSSR count). The van der Waals surface area contributed by atoms with Crippen molar-refractivity contribution < 1.29 is 9.53 Å². The zero-order valence-electron chi connectivity index (χ0n) is 9.67. The van der Waals surface area contributed by atoms with Gasteiger partial charge in [0.25, 0.3) is 0 Å². The summed E-state index contributed by atoms with van der Waals surface area (Å²) in [6, 6.07) is 7.31. The van der Waals surface area contributed by atoms with Gasteiger partial charge in [0, 0.05) is 12.1 Å². The van der Waals surface area contributed by atoms with Gasteiger partial charge >= 0.3 is 0 Å². The van der Waals surface area contributed by atoms with Gasteiger partial charge in [0.1, 0.15) is 5.92 Å². The Balaban J connectivity index is 2.15. The number of hydrogen-bond acceptors (Lipinski definition) is 4. The van der Waals surface area contributed by atoms with Crippen LogP contribution in [0.3, 0.4) is 0 Å². The molecule has 3 atom stereocenters. The molecule has 1 fully saturated rings. The first-order valence-corrected chi connectivity index (χ1v) is 5.68. The van der Waals surface area contributed by atoms with Gasteiger partial charge in [-0.15, -0.1) is 0 Å². The molecule has 1 aromatic heterocycles. The first kappa shape index (κ1) is 11.7. The summed E-state index contributed by atoms with van der Waals surface area (Å²) < 4.78 is 5.37. The van der Waals surface area contributed by atoms with E-state index < -0.39 is 5.92 Å². The minimum absolute atomic E-state index is 0.0736. The van der Waals surface area contributed by atoms with E-state index in [4.69, 9.17) is 10.00 Å². The highest BCUT2D eigenvalue weighted by molar-refractivity contribution is 5.90. The van der Waals surface area contributed by atoms with Gasteiger partial charge < -0.3 is 4.74 Å². The Bertz CT molecular complexity index is 438. The minimum Gasteiger partial charge on any atom is -0.378 e. The van der Waals surface area contributed by atoms with Crippen molar-refractivity contribution in [2.24, 2.45) is 5.92 Å². The Morgan fingerprint density at radius 2 is 2.47 bits per heavy atom. The van der Waals surface area contributed by atoms with Crippen LogP contribution in [-0.4, -0.2) is 23.5 Å². The van der Waals surface area contributed by atoms with Crippen LogP contribution in [0.4, 0.5) is 0 Å². The second-order valence-electron chi connectivity index (χ2n) is 4.30. The number of pyridine rings is 1. The number of carbonyl (C=O) groups excluding carboxylic acids is 1. The molecule has 1 aliphatic heterocycles. The molecule has 1 aromatic rings. The molecule has 0 amide bonds. The molecule has 1 saturated heterocycles. The van der Waals surface area contributed by atoms with Crippen molar-refractivity contribution in [3.63, 3.8) is 0 Å². The van der Waals surface area contributed by atoms with Crippen LogP contribution >= 0.6 is 0 Å². The predicted molar refractivity (Wildman–Crippen MR) is 61.1 cm³/mol. The van der Waals surface area contributed by atoms with Gasteiger partial charge in [-0.25, -0.2) is 0 Å². The lowest BCUT2D eigenvalue weighted by Crippen LogP contribution is -2.22. The molecule has 4 nitrogen and oxygen atoms in total. The Labute approximate surface area is 100 Å². The molecule has 0 aromatic carbocycles. The fourth-order valence-corrected chi connectivity index (χ4v) is 2.07. The SMILES string of the molecule is CC1CC(C(=O)C(C#N)c2ccccn2)CO1. The average molecular weight is 230 g/mol. The van der Waals surface area contributed by atoms with Gasteiger partial charge in [0.2, 0.25) is 0 Å². The van der Waals surface area contributed by atoms with E-state index in [1.165, 1.54) is 0 Å². The summed E-state index contributed by atoms with van der Waals surface area (Å²) in [6.07, 6.45) is 2.40. The first-order chi connectivity index (χ1) is 8.22. The van der Waals surface area contributed by atoms with Crippen LogP contribution in [0.15, 0.2) is 24.4 Å². The van der Waals surface area contributed by atoms with Gasteiger partial charge in [-0.2, -0.15) is 5.26 Å². The number of aromatic nitrogens is 1. The van der Waals surface area contributed by atoms with Crippen molar-refractivity contribution in [3.05, 3.63) is 30.1 Å². The number of nitrogens with zero attached hydrogens (tertiary/aromatic N) is 2. The predicted octanol–water partition coefficient (Wildman–Crippen LogP) is 1.68. The van der Waals surface area contributed by atoms with Crippen molar-refractivity contribution in [1.29, 1.82) is 5.26 Å². The molecule has 4 heteroatoms. The number of ketones is 1. The van der Waals surface area contributed by atoms with Gasteiger partial charge in [-0.3, -0.25) is 9.78 Å². The Hall–Kier alpha value is -1.73. The fraction of sp³-hybridized carbons (Fsp3) is 0.462. The topological polar surface area (TPSA) is 63.0 Å². The molecule has 88 valence electrons. The number of carbonyl (C=O) groups is 1. The van der Waals surface area contributed by atoms with Crippen molar-refractivity contribution >= 4 is 5.78 Å². The van der Waals surface area contributed by atoms with Crippen LogP contribution in [0, 0.1) is 17.2 Å². The summed E-state index contributed by atoms with van der Waals surface area (Å²) in [7, 11) is 0. The van der Waals surface area contributed by atoms with Crippen LogP contribution in [0.25, 0.3) is 0 Å². The molecule has 0 saturated carbocycles. The second-order valence-corrected chi connectivity index (χ2v) is 4.30. The van der Waals surface area contributed by atoms with E-state index in [1.54, 1.807) is 24.4 Å². The van der Waals surface area contributed by atoms with Crippen molar-refractivity contribution in [2.45, 2.75) is 25.4 Å². The second kappa shape index (κ2) is 5.07. The number of nitriles is 1. The molecule has 0 bridgehead atoms. The quantitative estimate of drug-likeness (QED) is 0.792. The Kier molecular flexibility index (Phi) is 3.50. The Morgan fingerprint density at radius 1 is 1.65 bits per heavy atom. The standard InChI is InChI=1S/C13H14N2O2/c1-9-6-10(8-17-9)13(16)11(7-14)12-4-2-3-5-15-12/h2-5,9-11H,6,8H2,1H3. The van der Waals surface area contributed by atoms with E-state index in [-0.39, 0.29) is 17.8 Å². The highest BCUT2D eigenvalue weighted by Crippen LogP contribution is 2.26. The molecule has 0 spiro atoms. The zero-order chi connectivity index (χ0) is 12.3. The molecule has 0 radical (unpaired) electrons. The van der Waals surface area contributed by atoms with Gasteiger partial charge in [0.15, 0.2) is 5.78 Å². The monoisotopic (exact) mass is 230 g/mol. The summed E-state index contributed by atoms with van der Waals surface area (Å²) in [6.45, 7) is 2.36. The van der Waals surface area contributed by atoms with Crippen molar-refractivity contribution in [1.82, 2.24) is 4.98 Å². The van der Waals surface area contributed by atoms with Crippen LogP contribution in [-0.2, 0) is 9.53 Å². The lowest BCUT2D eigenvalue weighted by molar-refractivity contribution is -0.123. The summed E-state index contributed by atoms with van der Waals surface area (Å²) in [5.41, 5.74) is 0.527. The van der Waals surface area contributed by atoms with Crippen LogP contribution in [0.5, 0.6) is 0 Å². The largest absolute Gasteiger partial charge is 0.378 e. The normalized spacial score (nSPS) is 25.2. The fourth-order valence-electron chi connectivity index (χ4n) is 2.07. The maximum absolute atomic E-state index is 12.2. The molecule has 2 heterocycles. The van der Waals surface area contributed by atoms with E-state index >= 15 is 0 Å². The van der Waals surface area contributed by atoms with Crippen molar-refractivity contribution in [3.8, 4) is 6.07 Å². The third-order valence-electron chi connectivity index (χ3n) is 3.00. The molecule has 3 unspecified atom stereocenters. The first-order valence-electron chi connectivity index (χ1n) is 5.68. The molecular weight excluding hydrogens is 216 g/mol. The van der Waals surface area contributed by atoms with Gasteiger partial charge in [-0.1, -0.05) is 6.07 Å². The minimum atomic E-state index is -0.768. The van der Waals surface area contributed by atoms with Crippen molar-refractivity contribution in [2.75, 3.05) is 6.61 Å². The number of hydrogen-bond donors (Lipinski definition) is 0. The van der Waals surface area contributed by atoms with Crippen LogP contribution in [0.2, 0.25) is 0 Å². The van der Waals surface area contributed by atoms with Gasteiger partial charge in [-0.05, 0) is 25.5 Å². The molecule has 17 heavy (non-hydrogen) atoms. The zero-order valence-corrected chi connectivity index (χ0v) is 9.67. The van der Waals surface area contributed by atoms with Crippen LogP contribution < -0.4 is 0 Å². The number of rotatable bonds is 3. The highest BCUT2D eigenvalue weighted by atomic mass is 16.5. The highest BCUT2D eigenvalue weighted by Gasteiger charge is 2.34. The summed E-state index contributed by atoms with van der Waals surface area (Å²) in [4.78, 5) is 16.3. The smallest absolute Gasteiger partial charge is 0.161 e. The molecule has 0 N–H and O–H groups in total. The number of ether oxygens (including phenoxy) is 1. The van der Waals surface area contributed by atoms with E-state index in [0.29, 0.717) is 18.7 Å². The van der Waals surface area contributed by atoms with Crippen LogP contribution in [0.1, 0.15) is 25.0 Å². The third-order valence-corrected chi connectivity index (χ3v) is 3.00. The van der Waals surface area contributed by atoms with E-state index in [1.807, 2.05) is 13.0 Å². The van der Waals surface area contributed by atoms with Gasteiger partial charge in [0.05, 0.1) is 24.5 Å². The van der Waals surface area contributed by atoms with E-state index in [2.05, 4.69) is 4.98 Å². The summed E-state index contributed by atoms with van der Waals surface area (Å²) in [5.74, 6) is -1.01. The maximum Gasteiger partial charge on any atom is 0.161 e. The average Bonchev–Trinajstić information content (AvgIpc) is 2.78. The molecule has 0 aliphatic carbocycles. The Morgan fingerprint density at radius 3 is 3.00 bits per heavy atom. The van der Waals surface area contributed by atoms with E-state index in [9.17, 15) is 4.79 Å². The summed E-state index contributed by atoms with van der Waals surface area (Å²) >= 11 is 0. The lowest BCUT2D eigenvalue weighted by atomic mass is 9.89. The molecular formula is C13H14N2O2. The number of Topliss-reactive ketones (excluding diaryl/α,β-unsaturated/α-hetero) is 1. The third kappa shape index (κ3) is 2.51. The maximum atomic E-state index is 12.2. The molecule has 1 aliphatic rings. The lowest BCUT2D eigenvalue weighted by Gasteiger charge is -2.11. The summed E-state index contributed by atoms with van der Waals surface area (Å²) in [5, 5.41) is 9.12. The van der Waals surface area contributed by atoms with E-state index in [0.717, 1.165) is 0 Å².